The van der Waals surface area contributed by atoms with E-state index in [1.165, 1.54) is 16.0 Å². The Bertz CT molecular complexity index is 754. The van der Waals surface area contributed by atoms with Crippen LogP contribution in [0.2, 0.25) is 0 Å². The van der Waals surface area contributed by atoms with Gasteiger partial charge in [0.1, 0.15) is 0 Å². The van der Waals surface area contributed by atoms with Crippen molar-refractivity contribution in [2.24, 2.45) is 0 Å². The lowest BCUT2D eigenvalue weighted by Gasteiger charge is -2.25. The molecule has 0 N–H and O–H groups in total. The first kappa shape index (κ1) is 16.5. The van der Waals surface area contributed by atoms with Crippen LogP contribution in [0.25, 0.3) is 0 Å². The van der Waals surface area contributed by atoms with Crippen LogP contribution in [0, 0.1) is 0 Å². The van der Waals surface area contributed by atoms with E-state index >= 15 is 0 Å². The lowest BCUT2D eigenvalue weighted by atomic mass is 10.3. The van der Waals surface area contributed by atoms with E-state index in [1.54, 1.807) is 36.4 Å². The summed E-state index contributed by atoms with van der Waals surface area (Å²) in [5.74, 6) is 0. The quantitative estimate of drug-likeness (QED) is 0.815. The largest absolute Gasteiger partial charge is 0.379 e. The molecule has 8 heteroatoms. The number of hydrogen-bond acceptors (Lipinski definition) is 6. The van der Waals surface area contributed by atoms with Crippen molar-refractivity contribution in [1.82, 2.24) is 14.1 Å². The summed E-state index contributed by atoms with van der Waals surface area (Å²) in [6.07, 6.45) is 1.82. The summed E-state index contributed by atoms with van der Waals surface area (Å²) in [6, 6.07) is 10.1. The minimum atomic E-state index is -3.57. The van der Waals surface area contributed by atoms with Crippen LogP contribution in [0.3, 0.4) is 0 Å². The molecule has 0 bridgehead atoms. The van der Waals surface area contributed by atoms with Gasteiger partial charge in [0.05, 0.1) is 23.8 Å². The molecule has 1 aromatic carbocycles. The highest BCUT2D eigenvalue weighted by molar-refractivity contribution is 7.98. The number of sulfone groups is 1. The average Bonchev–Trinajstić information content (AvgIpc) is 3.00. The van der Waals surface area contributed by atoms with Gasteiger partial charge in [0, 0.05) is 32.0 Å². The van der Waals surface area contributed by atoms with Crippen LogP contribution in [-0.4, -0.2) is 55.1 Å². The maximum atomic E-state index is 12.8. The second-order valence-corrected chi connectivity index (χ2v) is 7.84. The Kier molecular flexibility index (Phi) is 5.05. The van der Waals surface area contributed by atoms with Gasteiger partial charge in [-0.25, -0.2) is 8.42 Å². The Morgan fingerprint density at radius 2 is 1.91 bits per heavy atom. The zero-order chi connectivity index (χ0) is 16.3. The van der Waals surface area contributed by atoms with E-state index in [4.69, 9.17) is 4.74 Å². The fourth-order valence-electron chi connectivity index (χ4n) is 2.49. The van der Waals surface area contributed by atoms with Gasteiger partial charge < -0.3 is 4.74 Å². The molecule has 0 saturated carbocycles. The number of benzene rings is 1. The molecule has 1 aliphatic rings. The van der Waals surface area contributed by atoms with E-state index in [-0.39, 0.29) is 9.92 Å². The first-order valence-electron chi connectivity index (χ1n) is 7.35. The molecule has 0 atom stereocenters. The molecule has 1 aromatic heterocycles. The Morgan fingerprint density at radius 1 is 1.22 bits per heavy atom. The fraction of sp³-hybridized carbons (Fsp3) is 0.400. The predicted molar refractivity (Wildman–Crippen MR) is 89.1 cm³/mol. The molecule has 0 amide bonds. The van der Waals surface area contributed by atoms with E-state index in [0.717, 1.165) is 18.8 Å². The first-order chi connectivity index (χ1) is 11.1. The fourth-order valence-corrected chi connectivity index (χ4v) is 4.72. The molecule has 1 saturated heterocycles. The summed E-state index contributed by atoms with van der Waals surface area (Å²) in [5.41, 5.74) is 0.760. The molecular formula is C15H19N3O3S2. The molecule has 2 aromatic rings. The standard InChI is InChI=1S/C15H19N3O3S2/c1-22-18-15(23(19,20)14-5-3-2-4-6-14)11-13(16-18)12-17-7-9-21-10-8-17/h2-6,11H,7-10,12H2,1H3. The van der Waals surface area contributed by atoms with E-state index in [9.17, 15) is 8.42 Å². The summed E-state index contributed by atoms with van der Waals surface area (Å²) in [7, 11) is -3.57. The Labute approximate surface area is 140 Å². The number of aromatic nitrogens is 2. The number of hydrogen-bond donors (Lipinski definition) is 0. The highest BCUT2D eigenvalue weighted by Crippen LogP contribution is 2.24. The highest BCUT2D eigenvalue weighted by atomic mass is 32.2. The third-order valence-corrected chi connectivity index (χ3v) is 6.16. The number of rotatable bonds is 5. The summed E-state index contributed by atoms with van der Waals surface area (Å²) in [5, 5.41) is 4.65. The summed E-state index contributed by atoms with van der Waals surface area (Å²) >= 11 is 1.28. The Hall–Kier alpha value is -1.35. The van der Waals surface area contributed by atoms with Gasteiger partial charge in [-0.1, -0.05) is 18.2 Å². The van der Waals surface area contributed by atoms with Gasteiger partial charge in [0.15, 0.2) is 5.03 Å². The molecule has 1 aliphatic heterocycles. The van der Waals surface area contributed by atoms with E-state index in [1.807, 2.05) is 6.26 Å². The van der Waals surface area contributed by atoms with Crippen LogP contribution in [0.15, 0.2) is 46.3 Å². The summed E-state index contributed by atoms with van der Waals surface area (Å²) in [4.78, 5) is 2.50. The molecule has 0 radical (unpaired) electrons. The summed E-state index contributed by atoms with van der Waals surface area (Å²) < 4.78 is 32.4. The van der Waals surface area contributed by atoms with Crippen LogP contribution < -0.4 is 0 Å². The van der Waals surface area contributed by atoms with Crippen molar-refractivity contribution in [2.45, 2.75) is 16.5 Å². The predicted octanol–water partition coefficient (Wildman–Crippen LogP) is 1.67. The van der Waals surface area contributed by atoms with Gasteiger partial charge in [-0.3, -0.25) is 4.90 Å². The topological polar surface area (TPSA) is 64.4 Å². The van der Waals surface area contributed by atoms with Gasteiger partial charge in [0.25, 0.3) is 0 Å². The molecule has 2 heterocycles. The zero-order valence-corrected chi connectivity index (χ0v) is 14.5. The number of ether oxygens (including phenoxy) is 1. The van der Waals surface area contributed by atoms with Gasteiger partial charge in [-0.15, -0.1) is 0 Å². The van der Waals surface area contributed by atoms with E-state index in [2.05, 4.69) is 10.00 Å². The van der Waals surface area contributed by atoms with Crippen molar-refractivity contribution < 1.29 is 13.2 Å². The Balaban J connectivity index is 1.90. The van der Waals surface area contributed by atoms with Gasteiger partial charge in [-0.2, -0.15) is 9.19 Å². The maximum Gasteiger partial charge on any atom is 0.224 e. The molecule has 3 rings (SSSR count). The van der Waals surface area contributed by atoms with Crippen molar-refractivity contribution >= 4 is 21.8 Å². The second-order valence-electron chi connectivity index (χ2n) is 5.23. The molecule has 0 unspecified atom stereocenters. The SMILES string of the molecule is CSn1nc(CN2CCOCC2)cc1S(=O)(=O)c1ccccc1. The summed E-state index contributed by atoms with van der Waals surface area (Å²) in [6.45, 7) is 3.73. The third-order valence-electron chi connectivity index (χ3n) is 3.69. The zero-order valence-electron chi connectivity index (χ0n) is 12.9. The molecule has 0 spiro atoms. The number of nitrogens with zero attached hydrogens (tertiary/aromatic N) is 3. The lowest BCUT2D eigenvalue weighted by Crippen LogP contribution is -2.35. The minimum Gasteiger partial charge on any atom is -0.379 e. The van der Waals surface area contributed by atoms with Gasteiger partial charge in [-0.05, 0) is 24.1 Å². The maximum absolute atomic E-state index is 12.8. The highest BCUT2D eigenvalue weighted by Gasteiger charge is 2.24. The molecule has 1 fully saturated rings. The third kappa shape index (κ3) is 3.60. The Morgan fingerprint density at radius 3 is 2.57 bits per heavy atom. The average molecular weight is 353 g/mol. The lowest BCUT2D eigenvalue weighted by molar-refractivity contribution is 0.0336. The molecule has 23 heavy (non-hydrogen) atoms. The van der Waals surface area contributed by atoms with E-state index in [0.29, 0.717) is 19.8 Å². The molecular weight excluding hydrogens is 334 g/mol. The van der Waals surface area contributed by atoms with Crippen molar-refractivity contribution in [3.63, 3.8) is 0 Å². The molecule has 124 valence electrons. The monoisotopic (exact) mass is 353 g/mol. The van der Waals surface area contributed by atoms with Crippen LogP contribution in [0.5, 0.6) is 0 Å². The van der Waals surface area contributed by atoms with Crippen LogP contribution in [0.4, 0.5) is 0 Å². The minimum absolute atomic E-state index is 0.222. The van der Waals surface area contributed by atoms with Gasteiger partial charge in [0.2, 0.25) is 9.84 Å². The molecule has 6 nitrogen and oxygen atoms in total. The second kappa shape index (κ2) is 7.04. The van der Waals surface area contributed by atoms with Gasteiger partial charge >= 0.3 is 0 Å². The van der Waals surface area contributed by atoms with E-state index < -0.39 is 9.84 Å². The van der Waals surface area contributed by atoms with Crippen molar-refractivity contribution in [1.29, 1.82) is 0 Å². The normalized spacial score (nSPS) is 16.6. The number of morpholine rings is 1. The van der Waals surface area contributed by atoms with Crippen molar-refractivity contribution in [2.75, 3.05) is 32.6 Å². The van der Waals surface area contributed by atoms with Crippen molar-refractivity contribution in [3.8, 4) is 0 Å². The molecule has 0 aliphatic carbocycles. The van der Waals surface area contributed by atoms with Crippen LogP contribution in [0.1, 0.15) is 5.69 Å². The van der Waals surface area contributed by atoms with Crippen LogP contribution in [-0.2, 0) is 21.1 Å². The van der Waals surface area contributed by atoms with Crippen molar-refractivity contribution in [3.05, 3.63) is 42.1 Å². The first-order valence-corrected chi connectivity index (χ1v) is 10.0. The smallest absolute Gasteiger partial charge is 0.224 e. The van der Waals surface area contributed by atoms with Crippen LogP contribution >= 0.6 is 11.9 Å².